The van der Waals surface area contributed by atoms with Crippen molar-refractivity contribution in [3.63, 3.8) is 0 Å². The number of anilines is 1. The van der Waals surface area contributed by atoms with E-state index in [4.69, 9.17) is 9.15 Å². The Morgan fingerprint density at radius 2 is 2.17 bits per heavy atom. The van der Waals surface area contributed by atoms with Crippen molar-refractivity contribution in [2.24, 2.45) is 0 Å². The second kappa shape index (κ2) is 6.78. The van der Waals surface area contributed by atoms with Crippen LogP contribution in [0.4, 0.5) is 5.69 Å². The van der Waals surface area contributed by atoms with Gasteiger partial charge in [0, 0.05) is 13.0 Å². The largest absolute Gasteiger partial charge is 0.479 e. The number of carbonyl (C=O) groups excluding carboxylic acids is 2. The second-order valence-corrected chi connectivity index (χ2v) is 5.83. The molecule has 24 heavy (non-hydrogen) atoms. The Balaban J connectivity index is 1.64. The van der Waals surface area contributed by atoms with Crippen LogP contribution in [0.3, 0.4) is 0 Å². The maximum atomic E-state index is 12.4. The molecule has 1 unspecified atom stereocenters. The van der Waals surface area contributed by atoms with Crippen molar-refractivity contribution in [1.29, 1.82) is 0 Å². The van der Waals surface area contributed by atoms with Gasteiger partial charge in [0.1, 0.15) is 11.5 Å². The lowest BCUT2D eigenvalue weighted by Crippen LogP contribution is -2.45. The van der Waals surface area contributed by atoms with Crippen molar-refractivity contribution in [3.05, 3.63) is 47.9 Å². The lowest BCUT2D eigenvalue weighted by Gasteiger charge is -2.33. The molecule has 3 rings (SSSR count). The standard InChI is InChI=1S/C18H20N2O4/c1-12-5-6-16-15(10-12)20(18(22)13(2)24-16)8-7-17(21)19-11-14-4-3-9-23-14/h3-6,9-10,13H,7-8,11H2,1-2H3,(H,19,21). The summed E-state index contributed by atoms with van der Waals surface area (Å²) in [6.07, 6.45) is 1.23. The predicted octanol–water partition coefficient (Wildman–Crippen LogP) is 2.41. The predicted molar refractivity (Wildman–Crippen MR) is 88.8 cm³/mol. The summed E-state index contributed by atoms with van der Waals surface area (Å²) in [5, 5.41) is 2.78. The molecule has 1 N–H and O–H groups in total. The zero-order valence-electron chi connectivity index (χ0n) is 13.7. The van der Waals surface area contributed by atoms with Crippen LogP contribution in [0, 0.1) is 6.92 Å². The molecule has 1 aliphatic rings. The van der Waals surface area contributed by atoms with E-state index in [0.29, 0.717) is 24.6 Å². The van der Waals surface area contributed by atoms with E-state index in [2.05, 4.69) is 5.32 Å². The zero-order chi connectivity index (χ0) is 17.1. The summed E-state index contributed by atoms with van der Waals surface area (Å²) in [6, 6.07) is 9.27. The fraction of sp³-hybridized carbons (Fsp3) is 0.333. The molecule has 0 radical (unpaired) electrons. The summed E-state index contributed by atoms with van der Waals surface area (Å²) in [7, 11) is 0. The summed E-state index contributed by atoms with van der Waals surface area (Å²) in [4.78, 5) is 26.1. The van der Waals surface area contributed by atoms with Gasteiger partial charge in [0.25, 0.3) is 5.91 Å². The molecule has 2 heterocycles. The smallest absolute Gasteiger partial charge is 0.267 e. The Morgan fingerprint density at radius 1 is 1.33 bits per heavy atom. The molecule has 0 fully saturated rings. The number of aryl methyl sites for hydroxylation is 1. The number of ether oxygens (including phenoxy) is 1. The molecule has 0 aliphatic carbocycles. The van der Waals surface area contributed by atoms with Gasteiger partial charge in [-0.25, -0.2) is 0 Å². The highest BCUT2D eigenvalue weighted by atomic mass is 16.5. The van der Waals surface area contributed by atoms with Crippen molar-refractivity contribution >= 4 is 17.5 Å². The number of rotatable bonds is 5. The van der Waals surface area contributed by atoms with Gasteiger partial charge in [-0.15, -0.1) is 0 Å². The highest BCUT2D eigenvalue weighted by Crippen LogP contribution is 2.34. The van der Waals surface area contributed by atoms with Gasteiger partial charge >= 0.3 is 0 Å². The maximum absolute atomic E-state index is 12.4. The zero-order valence-corrected chi connectivity index (χ0v) is 13.7. The van der Waals surface area contributed by atoms with E-state index in [1.54, 1.807) is 30.2 Å². The number of amides is 2. The Morgan fingerprint density at radius 3 is 2.92 bits per heavy atom. The van der Waals surface area contributed by atoms with Gasteiger partial charge in [0.2, 0.25) is 5.91 Å². The number of furan rings is 1. The van der Waals surface area contributed by atoms with Gasteiger partial charge in [-0.05, 0) is 43.7 Å². The first kappa shape index (κ1) is 16.1. The van der Waals surface area contributed by atoms with E-state index < -0.39 is 6.10 Å². The maximum Gasteiger partial charge on any atom is 0.267 e. The highest BCUT2D eigenvalue weighted by Gasteiger charge is 2.31. The van der Waals surface area contributed by atoms with Crippen LogP contribution in [0.1, 0.15) is 24.7 Å². The molecule has 0 bridgehead atoms. The third kappa shape index (κ3) is 3.42. The van der Waals surface area contributed by atoms with Gasteiger partial charge in [-0.2, -0.15) is 0 Å². The minimum absolute atomic E-state index is 0.132. The molecule has 0 saturated carbocycles. The number of nitrogens with zero attached hydrogens (tertiary/aromatic N) is 1. The Hall–Kier alpha value is -2.76. The molecule has 0 spiro atoms. The van der Waals surface area contributed by atoms with Crippen molar-refractivity contribution in [2.45, 2.75) is 32.9 Å². The van der Waals surface area contributed by atoms with Gasteiger partial charge in [-0.3, -0.25) is 9.59 Å². The lowest BCUT2D eigenvalue weighted by molar-refractivity contribution is -0.125. The first-order valence-corrected chi connectivity index (χ1v) is 7.92. The van der Waals surface area contributed by atoms with E-state index in [0.717, 1.165) is 11.3 Å². The van der Waals surface area contributed by atoms with Crippen LogP contribution >= 0.6 is 0 Å². The summed E-state index contributed by atoms with van der Waals surface area (Å²) in [5.41, 5.74) is 1.75. The third-order valence-corrected chi connectivity index (χ3v) is 3.93. The van der Waals surface area contributed by atoms with Crippen LogP contribution in [-0.4, -0.2) is 24.5 Å². The first-order valence-electron chi connectivity index (χ1n) is 7.92. The van der Waals surface area contributed by atoms with Gasteiger partial charge < -0.3 is 19.4 Å². The molecule has 1 atom stereocenters. The fourth-order valence-electron chi connectivity index (χ4n) is 2.65. The van der Waals surface area contributed by atoms with Crippen LogP contribution in [-0.2, 0) is 16.1 Å². The van der Waals surface area contributed by atoms with Crippen LogP contribution in [0.15, 0.2) is 41.0 Å². The minimum atomic E-state index is -0.550. The molecule has 2 amide bonds. The summed E-state index contributed by atoms with van der Waals surface area (Å²) >= 11 is 0. The third-order valence-electron chi connectivity index (χ3n) is 3.93. The fourth-order valence-corrected chi connectivity index (χ4v) is 2.65. The van der Waals surface area contributed by atoms with E-state index in [1.165, 1.54) is 0 Å². The average molecular weight is 328 g/mol. The molecule has 1 aliphatic heterocycles. The van der Waals surface area contributed by atoms with Gasteiger partial charge in [0.15, 0.2) is 6.10 Å². The molecule has 0 saturated heterocycles. The number of benzene rings is 1. The number of hydrogen-bond donors (Lipinski definition) is 1. The van der Waals surface area contributed by atoms with Crippen molar-refractivity contribution in [3.8, 4) is 5.75 Å². The number of nitrogens with one attached hydrogen (secondary N) is 1. The molecular weight excluding hydrogens is 308 g/mol. The van der Waals surface area contributed by atoms with E-state index >= 15 is 0 Å². The van der Waals surface area contributed by atoms with E-state index in [1.807, 2.05) is 25.1 Å². The normalized spacial score (nSPS) is 16.5. The van der Waals surface area contributed by atoms with Crippen LogP contribution in [0.25, 0.3) is 0 Å². The van der Waals surface area contributed by atoms with Crippen molar-refractivity contribution < 1.29 is 18.7 Å². The Bertz CT molecular complexity index is 739. The molecule has 126 valence electrons. The average Bonchev–Trinajstić information content (AvgIpc) is 3.07. The van der Waals surface area contributed by atoms with Crippen LogP contribution in [0.5, 0.6) is 5.75 Å². The minimum Gasteiger partial charge on any atom is -0.479 e. The lowest BCUT2D eigenvalue weighted by atomic mass is 10.1. The van der Waals surface area contributed by atoms with Gasteiger partial charge in [0.05, 0.1) is 18.5 Å². The van der Waals surface area contributed by atoms with Crippen LogP contribution < -0.4 is 15.0 Å². The number of fused-ring (bicyclic) bond motifs is 1. The first-order chi connectivity index (χ1) is 11.5. The molecule has 6 heteroatoms. The van der Waals surface area contributed by atoms with Crippen LogP contribution in [0.2, 0.25) is 0 Å². The SMILES string of the molecule is Cc1ccc2c(c1)N(CCC(=O)NCc1ccco1)C(=O)C(C)O2. The highest BCUT2D eigenvalue weighted by molar-refractivity contribution is 6.00. The van der Waals surface area contributed by atoms with Crippen molar-refractivity contribution in [1.82, 2.24) is 5.32 Å². The Kier molecular flexibility index (Phi) is 4.55. The monoisotopic (exact) mass is 328 g/mol. The molecule has 2 aromatic rings. The molecule has 1 aromatic carbocycles. The number of carbonyl (C=O) groups is 2. The Labute approximate surface area is 140 Å². The van der Waals surface area contributed by atoms with E-state index in [9.17, 15) is 9.59 Å². The number of hydrogen-bond acceptors (Lipinski definition) is 4. The van der Waals surface area contributed by atoms with Gasteiger partial charge in [-0.1, -0.05) is 6.07 Å². The summed E-state index contributed by atoms with van der Waals surface area (Å²) in [5.74, 6) is 1.10. The summed E-state index contributed by atoms with van der Waals surface area (Å²) < 4.78 is 10.8. The summed E-state index contributed by atoms with van der Waals surface area (Å²) in [6.45, 7) is 4.33. The van der Waals surface area contributed by atoms with Crippen molar-refractivity contribution in [2.75, 3.05) is 11.4 Å². The molecule has 1 aromatic heterocycles. The quantitative estimate of drug-likeness (QED) is 0.915. The van der Waals surface area contributed by atoms with E-state index in [-0.39, 0.29) is 18.2 Å². The molecule has 6 nitrogen and oxygen atoms in total. The topological polar surface area (TPSA) is 71.8 Å². The second-order valence-electron chi connectivity index (χ2n) is 5.83. The molecular formula is C18H20N2O4.